The van der Waals surface area contributed by atoms with Crippen LogP contribution in [0.2, 0.25) is 0 Å². The van der Waals surface area contributed by atoms with Crippen LogP contribution in [-0.4, -0.2) is 31.3 Å². The summed E-state index contributed by atoms with van der Waals surface area (Å²) in [6.07, 6.45) is 2.01. The molecule has 0 saturated heterocycles. The molecule has 0 bridgehead atoms. The zero-order valence-corrected chi connectivity index (χ0v) is 11.4. The molecule has 1 aromatic rings. The first-order valence-corrected chi connectivity index (χ1v) is 5.73. The lowest BCUT2D eigenvalue weighted by molar-refractivity contribution is -0.137. The number of methoxy groups -OCH3 is 1. The highest BCUT2D eigenvalue weighted by Crippen LogP contribution is 2.33. The number of carboxylic acid groups (broad SMARTS) is 1. The maximum Gasteiger partial charge on any atom is 0.305 e. The minimum absolute atomic E-state index is 0. The molecule has 0 fully saturated rings. The van der Waals surface area contributed by atoms with E-state index in [4.69, 9.17) is 9.84 Å². The zero-order chi connectivity index (χ0) is 12.4. The molecular weight excluding hydrogens is 254 g/mol. The molecule has 4 nitrogen and oxygen atoms in total. The summed E-state index contributed by atoms with van der Waals surface area (Å²) in [5.41, 5.74) is 2.34. The van der Waals surface area contributed by atoms with Crippen LogP contribution in [0.3, 0.4) is 0 Å². The first-order valence-electron chi connectivity index (χ1n) is 5.73. The van der Waals surface area contributed by atoms with Crippen molar-refractivity contribution < 1.29 is 14.6 Å². The van der Waals surface area contributed by atoms with E-state index in [9.17, 15) is 4.79 Å². The van der Waals surface area contributed by atoms with Gasteiger partial charge in [0.25, 0.3) is 0 Å². The van der Waals surface area contributed by atoms with Crippen molar-refractivity contribution in [3.8, 4) is 5.75 Å². The summed E-state index contributed by atoms with van der Waals surface area (Å²) in [5.74, 6) is 0.0692. The normalized spacial score (nSPS) is 17.7. The molecule has 1 N–H and O–H groups in total. The van der Waals surface area contributed by atoms with Crippen LogP contribution >= 0.6 is 12.4 Å². The Balaban J connectivity index is 0.00000162. The maximum absolute atomic E-state index is 10.8. The first kappa shape index (κ1) is 14.6. The van der Waals surface area contributed by atoms with E-state index >= 15 is 0 Å². The van der Waals surface area contributed by atoms with Crippen LogP contribution in [0.5, 0.6) is 5.75 Å². The van der Waals surface area contributed by atoms with E-state index in [2.05, 4.69) is 11.0 Å². The number of carbonyl (C=O) groups is 1. The Hall–Kier alpha value is -1.42. The minimum Gasteiger partial charge on any atom is -0.497 e. The van der Waals surface area contributed by atoms with E-state index in [-0.39, 0.29) is 24.9 Å². The van der Waals surface area contributed by atoms with Crippen molar-refractivity contribution in [2.45, 2.75) is 25.3 Å². The van der Waals surface area contributed by atoms with Crippen molar-refractivity contribution >= 4 is 24.1 Å². The van der Waals surface area contributed by atoms with Crippen molar-refractivity contribution in [2.75, 3.05) is 19.1 Å². The summed E-state index contributed by atoms with van der Waals surface area (Å²) in [6.45, 7) is 0. The van der Waals surface area contributed by atoms with Gasteiger partial charge in [0.2, 0.25) is 0 Å². The second-order valence-electron chi connectivity index (χ2n) is 4.40. The molecular formula is C13H18ClNO3. The van der Waals surface area contributed by atoms with Crippen LogP contribution < -0.4 is 9.64 Å². The number of ether oxygens (including phenoxy) is 1. The highest BCUT2D eigenvalue weighted by Gasteiger charge is 2.25. The standard InChI is InChI=1S/C13H17NO3.ClH/c1-14-10(7-13(15)16)5-3-9-4-6-11(17-2)8-12(9)14;/h4,6,8,10H,3,5,7H2,1-2H3,(H,15,16);1H. The van der Waals surface area contributed by atoms with Gasteiger partial charge in [-0.15, -0.1) is 12.4 Å². The van der Waals surface area contributed by atoms with Gasteiger partial charge in [0.1, 0.15) is 5.75 Å². The SMILES string of the molecule is COc1ccc2c(c1)N(C)C(CC(=O)O)CC2.Cl. The molecule has 0 radical (unpaired) electrons. The predicted molar refractivity (Wildman–Crippen MR) is 73.0 cm³/mol. The Labute approximate surface area is 113 Å². The Bertz CT molecular complexity index is 436. The average Bonchev–Trinajstić information content (AvgIpc) is 2.32. The fraction of sp³-hybridized carbons (Fsp3) is 0.462. The second-order valence-corrected chi connectivity index (χ2v) is 4.40. The molecule has 1 aliphatic heterocycles. The van der Waals surface area contributed by atoms with Gasteiger partial charge in [0.15, 0.2) is 0 Å². The highest BCUT2D eigenvalue weighted by molar-refractivity contribution is 5.85. The molecule has 1 aliphatic rings. The number of rotatable bonds is 3. The number of hydrogen-bond acceptors (Lipinski definition) is 3. The topological polar surface area (TPSA) is 49.8 Å². The number of hydrogen-bond donors (Lipinski definition) is 1. The molecule has 1 heterocycles. The second kappa shape index (κ2) is 5.96. The third-order valence-electron chi connectivity index (χ3n) is 3.38. The molecule has 0 saturated carbocycles. The first-order chi connectivity index (χ1) is 8.11. The molecule has 18 heavy (non-hydrogen) atoms. The zero-order valence-electron chi connectivity index (χ0n) is 10.5. The number of anilines is 1. The van der Waals surface area contributed by atoms with Crippen molar-refractivity contribution in [3.63, 3.8) is 0 Å². The molecule has 0 aliphatic carbocycles. The summed E-state index contributed by atoms with van der Waals surface area (Å²) >= 11 is 0. The summed E-state index contributed by atoms with van der Waals surface area (Å²) in [6, 6.07) is 6.06. The number of benzene rings is 1. The van der Waals surface area contributed by atoms with Crippen LogP contribution in [0.25, 0.3) is 0 Å². The van der Waals surface area contributed by atoms with E-state index in [0.717, 1.165) is 24.3 Å². The fourth-order valence-electron chi connectivity index (χ4n) is 2.36. The summed E-state index contributed by atoms with van der Waals surface area (Å²) in [5, 5.41) is 8.88. The number of carboxylic acids is 1. The number of aliphatic carboxylic acids is 1. The van der Waals surface area contributed by atoms with Gasteiger partial charge in [-0.05, 0) is 24.5 Å². The average molecular weight is 272 g/mol. The lowest BCUT2D eigenvalue weighted by Gasteiger charge is -2.35. The largest absolute Gasteiger partial charge is 0.497 e. The van der Waals surface area contributed by atoms with Crippen LogP contribution in [0, 0.1) is 0 Å². The number of nitrogens with zero attached hydrogens (tertiary/aromatic N) is 1. The Morgan fingerprint density at radius 3 is 2.89 bits per heavy atom. The fourth-order valence-corrected chi connectivity index (χ4v) is 2.36. The van der Waals surface area contributed by atoms with Gasteiger partial charge in [0, 0.05) is 24.8 Å². The third-order valence-corrected chi connectivity index (χ3v) is 3.38. The monoisotopic (exact) mass is 271 g/mol. The van der Waals surface area contributed by atoms with E-state index in [1.54, 1.807) is 7.11 Å². The van der Waals surface area contributed by atoms with Gasteiger partial charge in [-0.25, -0.2) is 0 Å². The van der Waals surface area contributed by atoms with Crippen molar-refractivity contribution in [3.05, 3.63) is 23.8 Å². The lowest BCUT2D eigenvalue weighted by atomic mass is 9.94. The van der Waals surface area contributed by atoms with Gasteiger partial charge < -0.3 is 14.7 Å². The molecule has 1 unspecified atom stereocenters. The third kappa shape index (κ3) is 2.88. The molecule has 0 aromatic heterocycles. The molecule has 2 rings (SSSR count). The van der Waals surface area contributed by atoms with Crippen LogP contribution in [0.15, 0.2) is 18.2 Å². The smallest absolute Gasteiger partial charge is 0.305 e. The molecule has 0 spiro atoms. The van der Waals surface area contributed by atoms with Crippen molar-refractivity contribution in [2.24, 2.45) is 0 Å². The van der Waals surface area contributed by atoms with Crippen LogP contribution in [-0.2, 0) is 11.2 Å². The maximum atomic E-state index is 10.8. The molecule has 0 amide bonds. The molecule has 1 atom stereocenters. The van der Waals surface area contributed by atoms with Crippen molar-refractivity contribution in [1.82, 2.24) is 0 Å². The molecule has 100 valence electrons. The Morgan fingerprint density at radius 1 is 1.56 bits per heavy atom. The minimum atomic E-state index is -0.742. The van der Waals surface area contributed by atoms with Gasteiger partial charge in [0.05, 0.1) is 13.5 Å². The molecule has 1 aromatic carbocycles. The van der Waals surface area contributed by atoms with E-state index in [1.165, 1.54) is 5.56 Å². The summed E-state index contributed by atoms with van der Waals surface area (Å²) in [4.78, 5) is 12.8. The van der Waals surface area contributed by atoms with Gasteiger partial charge in [-0.1, -0.05) is 6.07 Å². The Morgan fingerprint density at radius 2 is 2.28 bits per heavy atom. The van der Waals surface area contributed by atoms with Crippen molar-refractivity contribution in [1.29, 1.82) is 0 Å². The number of halogens is 1. The summed E-state index contributed by atoms with van der Waals surface area (Å²) < 4.78 is 5.20. The van der Waals surface area contributed by atoms with Gasteiger partial charge in [-0.2, -0.15) is 0 Å². The highest BCUT2D eigenvalue weighted by atomic mass is 35.5. The molecule has 5 heteroatoms. The van der Waals surface area contributed by atoms with Crippen LogP contribution in [0.1, 0.15) is 18.4 Å². The van der Waals surface area contributed by atoms with Gasteiger partial charge >= 0.3 is 5.97 Å². The predicted octanol–water partition coefficient (Wildman–Crippen LogP) is 2.34. The van der Waals surface area contributed by atoms with Gasteiger partial charge in [-0.3, -0.25) is 4.79 Å². The van der Waals surface area contributed by atoms with Crippen LogP contribution in [0.4, 0.5) is 5.69 Å². The Kier molecular flexibility index (Phi) is 4.84. The van der Waals surface area contributed by atoms with E-state index in [1.807, 2.05) is 19.2 Å². The lowest BCUT2D eigenvalue weighted by Crippen LogP contribution is -2.37. The number of aryl methyl sites for hydroxylation is 1. The van der Waals surface area contributed by atoms with E-state index in [0.29, 0.717) is 0 Å². The summed E-state index contributed by atoms with van der Waals surface area (Å²) in [7, 11) is 3.59. The number of fused-ring (bicyclic) bond motifs is 1. The quantitative estimate of drug-likeness (QED) is 0.917. The van der Waals surface area contributed by atoms with E-state index < -0.39 is 5.97 Å².